The van der Waals surface area contributed by atoms with Crippen LogP contribution in [0.2, 0.25) is 0 Å². The summed E-state index contributed by atoms with van der Waals surface area (Å²) in [7, 11) is 0. The molecule has 4 nitrogen and oxygen atoms in total. The first kappa shape index (κ1) is 11.8. The molecule has 2 aromatic heterocycles. The third kappa shape index (κ3) is 2.36. The van der Waals surface area contributed by atoms with Crippen LogP contribution in [0, 0.1) is 0 Å². The molecule has 2 heterocycles. The number of hydrogen-bond donors (Lipinski definition) is 1. The lowest BCUT2D eigenvalue weighted by Gasteiger charge is -2.19. The lowest BCUT2D eigenvalue weighted by atomic mass is 9.92. The molecule has 2 N–H and O–H groups in total. The molecule has 0 amide bonds. The molecular formula is C13H18N4. The van der Waals surface area contributed by atoms with Crippen molar-refractivity contribution < 1.29 is 0 Å². The van der Waals surface area contributed by atoms with Gasteiger partial charge in [-0.3, -0.25) is 0 Å². The number of nitrogens with zero attached hydrogens (tertiary/aromatic N) is 3. The molecule has 4 heteroatoms. The van der Waals surface area contributed by atoms with Crippen molar-refractivity contribution in [2.24, 2.45) is 5.73 Å². The van der Waals surface area contributed by atoms with E-state index in [1.807, 2.05) is 28.9 Å². The number of aromatic nitrogens is 3. The van der Waals surface area contributed by atoms with Gasteiger partial charge in [0, 0.05) is 18.2 Å². The highest BCUT2D eigenvalue weighted by Crippen LogP contribution is 2.23. The lowest BCUT2D eigenvalue weighted by molar-refractivity contribution is 0.540. The molecule has 0 bridgehead atoms. The Balaban J connectivity index is 2.50. The smallest absolute Gasteiger partial charge is 0.153 e. The molecule has 90 valence electrons. The van der Waals surface area contributed by atoms with Gasteiger partial charge in [-0.15, -0.1) is 0 Å². The first-order valence-electron chi connectivity index (χ1n) is 5.73. The fraction of sp³-hybridized carbons (Fsp3) is 0.385. The molecule has 0 aliphatic carbocycles. The van der Waals surface area contributed by atoms with Crippen LogP contribution in [0.25, 0.3) is 5.82 Å². The van der Waals surface area contributed by atoms with Crippen LogP contribution in [0.5, 0.6) is 0 Å². The van der Waals surface area contributed by atoms with E-state index in [2.05, 4.69) is 30.9 Å². The van der Waals surface area contributed by atoms with E-state index in [-0.39, 0.29) is 5.41 Å². The van der Waals surface area contributed by atoms with Crippen LogP contribution in [-0.2, 0) is 12.0 Å². The Morgan fingerprint density at radius 2 is 2.00 bits per heavy atom. The summed E-state index contributed by atoms with van der Waals surface area (Å²) >= 11 is 0. The monoisotopic (exact) mass is 230 g/mol. The maximum absolute atomic E-state index is 5.60. The van der Waals surface area contributed by atoms with Gasteiger partial charge < -0.3 is 5.73 Å². The van der Waals surface area contributed by atoms with Crippen LogP contribution in [0.15, 0.2) is 30.5 Å². The van der Waals surface area contributed by atoms with Crippen molar-refractivity contribution >= 4 is 0 Å². The minimum atomic E-state index is 0.0386. The van der Waals surface area contributed by atoms with Crippen LogP contribution < -0.4 is 5.73 Å². The van der Waals surface area contributed by atoms with Crippen LogP contribution in [-0.4, -0.2) is 14.8 Å². The Bertz CT molecular complexity index is 508. The molecular weight excluding hydrogens is 212 g/mol. The average Bonchev–Trinajstić information content (AvgIpc) is 2.77. The zero-order chi connectivity index (χ0) is 12.5. The number of pyridine rings is 1. The fourth-order valence-electron chi connectivity index (χ4n) is 1.75. The van der Waals surface area contributed by atoms with Crippen LogP contribution >= 0.6 is 0 Å². The van der Waals surface area contributed by atoms with Gasteiger partial charge in [0.15, 0.2) is 5.82 Å². The second-order valence-electron chi connectivity index (χ2n) is 5.07. The maximum Gasteiger partial charge on any atom is 0.153 e. The van der Waals surface area contributed by atoms with E-state index < -0.39 is 0 Å². The molecule has 0 aliphatic heterocycles. The first-order valence-corrected chi connectivity index (χ1v) is 5.73. The molecule has 0 atom stereocenters. The summed E-state index contributed by atoms with van der Waals surface area (Å²) in [5.74, 6) is 0.822. The third-order valence-electron chi connectivity index (χ3n) is 2.63. The molecule has 0 aromatic carbocycles. The quantitative estimate of drug-likeness (QED) is 0.858. The standard InChI is InChI=1S/C13H18N4/c1-13(2,3)11-7-8-15-17(11)12-6-4-5-10(9-14)16-12/h4-8H,9,14H2,1-3H3. The highest BCUT2D eigenvalue weighted by atomic mass is 15.3. The molecule has 0 fully saturated rings. The molecule has 0 saturated carbocycles. The lowest BCUT2D eigenvalue weighted by Crippen LogP contribution is -2.18. The van der Waals surface area contributed by atoms with E-state index >= 15 is 0 Å². The van der Waals surface area contributed by atoms with E-state index in [1.165, 1.54) is 0 Å². The van der Waals surface area contributed by atoms with Crippen molar-refractivity contribution in [2.75, 3.05) is 0 Å². The van der Waals surface area contributed by atoms with E-state index in [0.29, 0.717) is 6.54 Å². The minimum absolute atomic E-state index is 0.0386. The molecule has 0 unspecified atom stereocenters. The van der Waals surface area contributed by atoms with Gasteiger partial charge in [0.25, 0.3) is 0 Å². The molecule has 17 heavy (non-hydrogen) atoms. The summed E-state index contributed by atoms with van der Waals surface area (Å²) in [6.07, 6.45) is 1.80. The van der Waals surface area contributed by atoms with Gasteiger partial charge in [0.1, 0.15) is 0 Å². The Kier molecular flexibility index (Phi) is 2.98. The normalized spacial score (nSPS) is 11.8. The second kappa shape index (κ2) is 4.30. The molecule has 2 rings (SSSR count). The predicted molar refractivity (Wildman–Crippen MR) is 68.0 cm³/mol. The predicted octanol–water partition coefficient (Wildman–Crippen LogP) is 2.02. The van der Waals surface area contributed by atoms with E-state index in [9.17, 15) is 0 Å². The SMILES string of the molecule is CC(C)(C)c1ccnn1-c1cccc(CN)n1. The van der Waals surface area contributed by atoms with Gasteiger partial charge >= 0.3 is 0 Å². The van der Waals surface area contributed by atoms with Crippen molar-refractivity contribution in [3.63, 3.8) is 0 Å². The van der Waals surface area contributed by atoms with E-state index in [4.69, 9.17) is 5.73 Å². The maximum atomic E-state index is 5.60. The van der Waals surface area contributed by atoms with Gasteiger partial charge in [-0.25, -0.2) is 9.67 Å². The summed E-state index contributed by atoms with van der Waals surface area (Å²) in [5, 5.41) is 4.34. The van der Waals surface area contributed by atoms with Crippen molar-refractivity contribution in [1.82, 2.24) is 14.8 Å². The number of rotatable bonds is 2. The van der Waals surface area contributed by atoms with Gasteiger partial charge in [-0.2, -0.15) is 5.10 Å². The van der Waals surface area contributed by atoms with Gasteiger partial charge in [0.2, 0.25) is 0 Å². The Morgan fingerprint density at radius 3 is 2.65 bits per heavy atom. The highest BCUT2D eigenvalue weighted by molar-refractivity contribution is 5.28. The van der Waals surface area contributed by atoms with E-state index in [0.717, 1.165) is 17.2 Å². The summed E-state index contributed by atoms with van der Waals surface area (Å²) in [4.78, 5) is 4.48. The Morgan fingerprint density at radius 1 is 1.24 bits per heavy atom. The van der Waals surface area contributed by atoms with Crippen molar-refractivity contribution in [1.29, 1.82) is 0 Å². The first-order chi connectivity index (χ1) is 8.02. The second-order valence-corrected chi connectivity index (χ2v) is 5.07. The number of nitrogens with two attached hydrogens (primary N) is 1. The molecule has 0 aliphatic rings. The summed E-state index contributed by atoms with van der Waals surface area (Å²) < 4.78 is 1.87. The Labute approximate surface area is 101 Å². The fourth-order valence-corrected chi connectivity index (χ4v) is 1.75. The van der Waals surface area contributed by atoms with Gasteiger partial charge in [-0.05, 0) is 18.2 Å². The molecule has 0 radical (unpaired) electrons. The van der Waals surface area contributed by atoms with Gasteiger partial charge in [-0.1, -0.05) is 26.8 Å². The average molecular weight is 230 g/mol. The van der Waals surface area contributed by atoms with Crippen molar-refractivity contribution in [3.05, 3.63) is 41.9 Å². The molecule has 0 saturated heterocycles. The molecule has 2 aromatic rings. The van der Waals surface area contributed by atoms with E-state index in [1.54, 1.807) is 6.20 Å². The highest BCUT2D eigenvalue weighted by Gasteiger charge is 2.19. The summed E-state index contributed by atoms with van der Waals surface area (Å²) in [6, 6.07) is 7.85. The van der Waals surface area contributed by atoms with Crippen LogP contribution in [0.3, 0.4) is 0 Å². The topological polar surface area (TPSA) is 56.7 Å². The van der Waals surface area contributed by atoms with Crippen molar-refractivity contribution in [2.45, 2.75) is 32.7 Å². The third-order valence-corrected chi connectivity index (χ3v) is 2.63. The minimum Gasteiger partial charge on any atom is -0.325 e. The van der Waals surface area contributed by atoms with Gasteiger partial charge in [0.05, 0.1) is 11.4 Å². The van der Waals surface area contributed by atoms with Crippen LogP contribution in [0.1, 0.15) is 32.2 Å². The van der Waals surface area contributed by atoms with Crippen LogP contribution in [0.4, 0.5) is 0 Å². The largest absolute Gasteiger partial charge is 0.325 e. The van der Waals surface area contributed by atoms with Crippen molar-refractivity contribution in [3.8, 4) is 5.82 Å². The molecule has 0 spiro atoms. The zero-order valence-electron chi connectivity index (χ0n) is 10.5. The zero-order valence-corrected chi connectivity index (χ0v) is 10.5. The number of hydrogen-bond acceptors (Lipinski definition) is 3. The Hall–Kier alpha value is -1.68. The summed E-state index contributed by atoms with van der Waals surface area (Å²) in [5.41, 5.74) is 7.65. The summed E-state index contributed by atoms with van der Waals surface area (Å²) in [6.45, 7) is 6.92.